The monoisotopic (exact) mass is 392 g/mol. The van der Waals surface area contributed by atoms with Crippen LogP contribution >= 0.6 is 0 Å². The van der Waals surface area contributed by atoms with Crippen LogP contribution < -0.4 is 10.6 Å². The second-order valence-electron chi connectivity index (χ2n) is 8.27. The molecule has 2 N–H and O–H groups in total. The second kappa shape index (κ2) is 10.2. The fourth-order valence-corrected chi connectivity index (χ4v) is 4.50. The van der Waals surface area contributed by atoms with Crippen LogP contribution in [0, 0.1) is 11.6 Å². The van der Waals surface area contributed by atoms with Gasteiger partial charge in [-0.2, -0.15) is 0 Å². The Bertz CT molecular complexity index is 650. The van der Waals surface area contributed by atoms with E-state index in [-0.39, 0.29) is 5.92 Å². The van der Waals surface area contributed by atoms with Crippen molar-refractivity contribution >= 4 is 5.96 Å². The molecule has 0 aromatic heterocycles. The number of hydrogen-bond donors (Lipinski definition) is 2. The smallest absolute Gasteiger partial charge is 0.191 e. The average Bonchev–Trinajstić information content (AvgIpc) is 2.72. The molecule has 3 rings (SSSR count). The summed E-state index contributed by atoms with van der Waals surface area (Å²) in [4.78, 5) is 6.99. The average molecular weight is 393 g/mol. The minimum atomic E-state index is -0.543. The van der Waals surface area contributed by atoms with Gasteiger partial charge in [-0.15, -0.1) is 0 Å². The number of piperidine rings is 1. The summed E-state index contributed by atoms with van der Waals surface area (Å²) in [6.07, 6.45) is 9.13. The normalized spacial score (nSPS) is 21.5. The van der Waals surface area contributed by atoms with Gasteiger partial charge in [-0.25, -0.2) is 8.78 Å². The zero-order valence-corrected chi connectivity index (χ0v) is 17.2. The van der Waals surface area contributed by atoms with Crippen molar-refractivity contribution in [3.63, 3.8) is 0 Å². The van der Waals surface area contributed by atoms with Crippen LogP contribution in [-0.2, 0) is 0 Å². The molecule has 1 aromatic rings. The number of guanidine groups is 1. The Morgan fingerprint density at radius 1 is 1.14 bits per heavy atom. The van der Waals surface area contributed by atoms with Crippen LogP contribution in [0.1, 0.15) is 63.4 Å². The Labute approximate surface area is 167 Å². The van der Waals surface area contributed by atoms with Crippen LogP contribution in [-0.4, -0.2) is 49.6 Å². The summed E-state index contributed by atoms with van der Waals surface area (Å²) in [7, 11) is 1.76. The predicted octanol–water partition coefficient (Wildman–Crippen LogP) is 4.03. The van der Waals surface area contributed by atoms with Gasteiger partial charge in [-0.05, 0) is 37.3 Å². The number of aliphatic imine (C=N–C) groups is 1. The van der Waals surface area contributed by atoms with Gasteiger partial charge < -0.3 is 15.5 Å². The summed E-state index contributed by atoms with van der Waals surface area (Å²) in [6, 6.07) is 4.98. The van der Waals surface area contributed by atoms with Gasteiger partial charge in [0.15, 0.2) is 5.96 Å². The number of likely N-dealkylation sites (tertiary alicyclic amines) is 1. The van der Waals surface area contributed by atoms with E-state index in [9.17, 15) is 8.78 Å². The van der Waals surface area contributed by atoms with Crippen molar-refractivity contribution in [3.8, 4) is 0 Å². The first kappa shape index (κ1) is 21.0. The van der Waals surface area contributed by atoms with Gasteiger partial charge in [0.1, 0.15) is 11.6 Å². The summed E-state index contributed by atoms with van der Waals surface area (Å²) in [6.45, 7) is 4.77. The molecule has 1 saturated carbocycles. The van der Waals surface area contributed by atoms with E-state index in [1.54, 1.807) is 7.05 Å². The molecule has 6 heteroatoms. The van der Waals surface area contributed by atoms with E-state index in [1.807, 2.05) is 6.92 Å². The summed E-state index contributed by atoms with van der Waals surface area (Å²) < 4.78 is 27.0. The maximum atomic E-state index is 14.0. The van der Waals surface area contributed by atoms with Gasteiger partial charge in [-0.3, -0.25) is 4.99 Å². The lowest BCUT2D eigenvalue weighted by atomic mass is 9.92. The summed E-state index contributed by atoms with van der Waals surface area (Å²) in [5.74, 6) is -0.358. The maximum absolute atomic E-state index is 14.0. The lowest BCUT2D eigenvalue weighted by Gasteiger charge is -2.39. The first-order chi connectivity index (χ1) is 13.6. The molecule has 1 aromatic carbocycles. The molecule has 0 bridgehead atoms. The van der Waals surface area contributed by atoms with E-state index in [4.69, 9.17) is 0 Å². The van der Waals surface area contributed by atoms with E-state index in [2.05, 4.69) is 20.5 Å². The van der Waals surface area contributed by atoms with Crippen molar-refractivity contribution in [1.82, 2.24) is 15.5 Å². The standard InChI is InChI=1S/C22H34F2N4/c1-16(20-9-8-17(23)14-21(20)24)15-26-22(25-2)27-18-10-12-28(13-11-18)19-6-4-3-5-7-19/h8-9,14,16,18-19H,3-7,10-13,15H2,1-2H3,(H2,25,26,27). The molecule has 0 radical (unpaired) electrons. The van der Waals surface area contributed by atoms with Gasteiger partial charge in [-0.1, -0.05) is 32.3 Å². The van der Waals surface area contributed by atoms with Crippen LogP contribution in [0.25, 0.3) is 0 Å². The number of hydrogen-bond acceptors (Lipinski definition) is 2. The number of nitrogens with one attached hydrogen (secondary N) is 2. The molecule has 4 nitrogen and oxygen atoms in total. The molecule has 2 aliphatic rings. The van der Waals surface area contributed by atoms with Crippen molar-refractivity contribution in [2.24, 2.45) is 4.99 Å². The largest absolute Gasteiger partial charge is 0.356 e. The molecule has 1 atom stereocenters. The SMILES string of the molecule is CN=C(NCC(C)c1ccc(F)cc1F)NC1CCN(C2CCCCC2)CC1. The quantitative estimate of drug-likeness (QED) is 0.587. The van der Waals surface area contributed by atoms with E-state index in [0.717, 1.165) is 44.0 Å². The molecule has 1 unspecified atom stereocenters. The third-order valence-electron chi connectivity index (χ3n) is 6.25. The predicted molar refractivity (Wildman–Crippen MR) is 111 cm³/mol. The molecule has 1 aliphatic carbocycles. The Morgan fingerprint density at radius 2 is 1.86 bits per heavy atom. The Kier molecular flexibility index (Phi) is 7.65. The summed E-state index contributed by atoms with van der Waals surface area (Å²) in [5.41, 5.74) is 0.519. The number of nitrogens with zero attached hydrogens (tertiary/aromatic N) is 2. The minimum Gasteiger partial charge on any atom is -0.356 e. The molecule has 2 fully saturated rings. The van der Waals surface area contributed by atoms with Crippen LogP contribution in [0.15, 0.2) is 23.2 Å². The zero-order valence-electron chi connectivity index (χ0n) is 17.2. The van der Waals surface area contributed by atoms with Crippen LogP contribution in [0.4, 0.5) is 8.78 Å². The number of benzene rings is 1. The third-order valence-corrected chi connectivity index (χ3v) is 6.25. The third kappa shape index (κ3) is 5.66. The molecule has 0 spiro atoms. The van der Waals surface area contributed by atoms with Gasteiger partial charge in [0.05, 0.1) is 0 Å². The molecule has 156 valence electrons. The van der Waals surface area contributed by atoms with Crippen molar-refractivity contribution in [2.75, 3.05) is 26.7 Å². The van der Waals surface area contributed by atoms with E-state index in [0.29, 0.717) is 18.2 Å². The first-order valence-electron chi connectivity index (χ1n) is 10.7. The second-order valence-corrected chi connectivity index (χ2v) is 8.27. The zero-order chi connectivity index (χ0) is 19.9. The fraction of sp³-hybridized carbons (Fsp3) is 0.682. The van der Waals surface area contributed by atoms with Crippen LogP contribution in [0.5, 0.6) is 0 Å². The topological polar surface area (TPSA) is 39.7 Å². The Balaban J connectivity index is 1.43. The van der Waals surface area contributed by atoms with E-state index in [1.165, 1.54) is 44.2 Å². The van der Waals surface area contributed by atoms with Gasteiger partial charge in [0.25, 0.3) is 0 Å². The fourth-order valence-electron chi connectivity index (χ4n) is 4.50. The maximum Gasteiger partial charge on any atom is 0.191 e. The van der Waals surface area contributed by atoms with E-state index >= 15 is 0 Å². The lowest BCUT2D eigenvalue weighted by Crippen LogP contribution is -2.51. The molecule has 1 aliphatic heterocycles. The molecule has 28 heavy (non-hydrogen) atoms. The van der Waals surface area contributed by atoms with Crippen molar-refractivity contribution in [1.29, 1.82) is 0 Å². The molecule has 1 heterocycles. The minimum absolute atomic E-state index is 0.0766. The Morgan fingerprint density at radius 3 is 2.50 bits per heavy atom. The Hall–Kier alpha value is -1.69. The van der Waals surface area contributed by atoms with E-state index < -0.39 is 11.6 Å². The highest BCUT2D eigenvalue weighted by molar-refractivity contribution is 5.80. The molecular weight excluding hydrogens is 358 g/mol. The van der Waals surface area contributed by atoms with Crippen molar-refractivity contribution < 1.29 is 8.78 Å². The van der Waals surface area contributed by atoms with Gasteiger partial charge in [0, 0.05) is 50.7 Å². The summed E-state index contributed by atoms with van der Waals surface area (Å²) >= 11 is 0. The number of halogens is 2. The molecular formula is C22H34F2N4. The van der Waals surface area contributed by atoms with Crippen LogP contribution in [0.2, 0.25) is 0 Å². The van der Waals surface area contributed by atoms with Gasteiger partial charge >= 0.3 is 0 Å². The molecule has 0 amide bonds. The highest BCUT2D eigenvalue weighted by atomic mass is 19.1. The van der Waals surface area contributed by atoms with Gasteiger partial charge in [0.2, 0.25) is 0 Å². The van der Waals surface area contributed by atoms with Crippen LogP contribution in [0.3, 0.4) is 0 Å². The van der Waals surface area contributed by atoms with Crippen molar-refractivity contribution in [2.45, 2.75) is 69.9 Å². The summed E-state index contributed by atoms with van der Waals surface area (Å²) in [5, 5.41) is 6.81. The van der Waals surface area contributed by atoms with Crippen molar-refractivity contribution in [3.05, 3.63) is 35.4 Å². The highest BCUT2D eigenvalue weighted by Gasteiger charge is 2.26. The lowest BCUT2D eigenvalue weighted by molar-refractivity contribution is 0.119. The highest BCUT2D eigenvalue weighted by Crippen LogP contribution is 2.25. The first-order valence-corrected chi connectivity index (χ1v) is 10.7. The number of rotatable bonds is 5. The molecule has 1 saturated heterocycles.